The number of nitrogens with one attached hydrogen (secondary N) is 1. The lowest BCUT2D eigenvalue weighted by molar-refractivity contribution is -0.119. The first-order chi connectivity index (χ1) is 12.4. The Kier molecular flexibility index (Phi) is 4.80. The number of benzene rings is 2. The van der Waals surface area contributed by atoms with Crippen LogP contribution in [0, 0.1) is 6.92 Å². The van der Waals surface area contributed by atoms with Crippen LogP contribution in [0.25, 0.3) is 0 Å². The molecule has 134 valence electrons. The van der Waals surface area contributed by atoms with Gasteiger partial charge in [0, 0.05) is 11.4 Å². The molecule has 0 unspecified atom stereocenters. The fourth-order valence-corrected chi connectivity index (χ4v) is 3.15. The Morgan fingerprint density at radius 1 is 1.12 bits per heavy atom. The van der Waals surface area contributed by atoms with Crippen molar-refractivity contribution in [1.29, 1.82) is 0 Å². The minimum atomic E-state index is -0.586. The monoisotopic (exact) mass is 350 g/mol. The lowest BCUT2D eigenvalue weighted by Crippen LogP contribution is -2.30. The number of hydrogen-bond acceptors (Lipinski definition) is 3. The molecule has 3 rings (SSSR count). The van der Waals surface area contributed by atoms with Crippen molar-refractivity contribution in [3.8, 4) is 0 Å². The summed E-state index contributed by atoms with van der Waals surface area (Å²) in [6.07, 6.45) is 0. The van der Waals surface area contributed by atoms with Crippen LogP contribution in [-0.4, -0.2) is 23.5 Å². The lowest BCUT2D eigenvalue weighted by Gasteiger charge is -2.18. The number of carbonyl (C=O) groups is 2. The highest BCUT2D eigenvalue weighted by atomic mass is 16.3. The Labute approximate surface area is 153 Å². The zero-order chi connectivity index (χ0) is 18.8. The molecular weight excluding hydrogens is 328 g/mol. The second-order valence-electron chi connectivity index (χ2n) is 6.70. The predicted molar refractivity (Wildman–Crippen MR) is 102 cm³/mol. The van der Waals surface area contributed by atoms with Crippen LogP contribution in [0.5, 0.6) is 0 Å². The summed E-state index contributed by atoms with van der Waals surface area (Å²) in [7, 11) is 0. The van der Waals surface area contributed by atoms with Gasteiger partial charge in [0.15, 0.2) is 0 Å². The van der Waals surface area contributed by atoms with Crippen molar-refractivity contribution in [3.63, 3.8) is 0 Å². The van der Waals surface area contributed by atoms with Crippen LogP contribution in [0.15, 0.2) is 59.9 Å². The van der Waals surface area contributed by atoms with Gasteiger partial charge in [-0.25, -0.2) is 0 Å². The molecular formula is C21H22N2O3. The van der Waals surface area contributed by atoms with E-state index in [0.29, 0.717) is 11.4 Å². The van der Waals surface area contributed by atoms with Gasteiger partial charge >= 0.3 is 0 Å². The van der Waals surface area contributed by atoms with Gasteiger partial charge in [0.25, 0.3) is 11.8 Å². The van der Waals surface area contributed by atoms with Gasteiger partial charge in [-0.2, -0.15) is 0 Å². The topological polar surface area (TPSA) is 69.6 Å². The Morgan fingerprint density at radius 3 is 2.46 bits per heavy atom. The van der Waals surface area contributed by atoms with Crippen molar-refractivity contribution in [2.75, 3.05) is 16.8 Å². The lowest BCUT2D eigenvalue weighted by atomic mass is 10.0. The van der Waals surface area contributed by atoms with E-state index in [9.17, 15) is 14.7 Å². The third-order valence-corrected chi connectivity index (χ3v) is 4.52. The van der Waals surface area contributed by atoms with Gasteiger partial charge in [-0.15, -0.1) is 0 Å². The molecule has 0 aliphatic carbocycles. The van der Waals surface area contributed by atoms with E-state index in [0.717, 1.165) is 11.1 Å². The summed E-state index contributed by atoms with van der Waals surface area (Å²) in [4.78, 5) is 26.9. The van der Waals surface area contributed by atoms with Gasteiger partial charge in [-0.3, -0.25) is 9.59 Å². The van der Waals surface area contributed by atoms with Crippen molar-refractivity contribution >= 4 is 23.2 Å². The summed E-state index contributed by atoms with van der Waals surface area (Å²) in [6, 6.07) is 14.8. The Morgan fingerprint density at radius 2 is 1.77 bits per heavy atom. The Hall–Kier alpha value is -3.08. The number of para-hydroxylation sites is 2. The van der Waals surface area contributed by atoms with E-state index in [1.807, 2.05) is 57.2 Å². The molecule has 26 heavy (non-hydrogen) atoms. The van der Waals surface area contributed by atoms with Crippen molar-refractivity contribution in [2.45, 2.75) is 26.7 Å². The number of rotatable bonds is 4. The molecule has 0 saturated heterocycles. The first kappa shape index (κ1) is 17.7. The molecule has 0 saturated carbocycles. The summed E-state index contributed by atoms with van der Waals surface area (Å²) in [5, 5.41) is 13.0. The molecule has 0 spiro atoms. The van der Waals surface area contributed by atoms with Crippen LogP contribution in [0.2, 0.25) is 0 Å². The minimum absolute atomic E-state index is 0.00172. The van der Waals surface area contributed by atoms with E-state index in [2.05, 4.69) is 5.32 Å². The molecule has 0 atom stereocenters. The smallest absolute Gasteiger partial charge is 0.267 e. The van der Waals surface area contributed by atoms with E-state index in [-0.39, 0.29) is 23.8 Å². The van der Waals surface area contributed by atoms with Gasteiger partial charge in [0.1, 0.15) is 11.3 Å². The first-order valence-corrected chi connectivity index (χ1v) is 8.60. The summed E-state index contributed by atoms with van der Waals surface area (Å²) in [5.41, 5.74) is 3.01. The zero-order valence-corrected chi connectivity index (χ0v) is 15.1. The summed E-state index contributed by atoms with van der Waals surface area (Å²) < 4.78 is 0. The number of hydrogen-bond donors (Lipinski definition) is 2. The van der Waals surface area contributed by atoms with E-state index in [1.165, 1.54) is 4.90 Å². The number of aryl methyl sites for hydroxylation is 1. The average Bonchev–Trinajstić information content (AvgIpc) is 2.90. The van der Waals surface area contributed by atoms with Gasteiger partial charge in [0.2, 0.25) is 0 Å². The van der Waals surface area contributed by atoms with E-state index < -0.39 is 11.8 Å². The van der Waals surface area contributed by atoms with E-state index >= 15 is 0 Å². The molecule has 0 radical (unpaired) electrons. The second kappa shape index (κ2) is 7.04. The zero-order valence-electron chi connectivity index (χ0n) is 15.1. The first-order valence-electron chi connectivity index (χ1n) is 8.60. The molecule has 2 N–H and O–H groups in total. The molecule has 1 aliphatic rings. The number of nitrogens with zero attached hydrogens (tertiary/aromatic N) is 1. The van der Waals surface area contributed by atoms with Gasteiger partial charge in [0.05, 0.1) is 6.54 Å². The molecule has 0 fully saturated rings. The van der Waals surface area contributed by atoms with Crippen molar-refractivity contribution in [3.05, 3.63) is 71.0 Å². The number of aliphatic hydroxyl groups is 1. The van der Waals surface area contributed by atoms with Crippen molar-refractivity contribution < 1.29 is 14.7 Å². The third-order valence-electron chi connectivity index (χ3n) is 4.52. The molecule has 1 heterocycles. The summed E-state index contributed by atoms with van der Waals surface area (Å²) in [5.74, 6) is -1.07. The molecule has 2 aromatic carbocycles. The maximum absolute atomic E-state index is 12.8. The number of carbonyl (C=O) groups excluding carboxylic acids is 2. The highest BCUT2D eigenvalue weighted by Gasteiger charge is 2.36. The largest absolute Gasteiger partial charge is 0.509 e. The Balaban J connectivity index is 1.86. The van der Waals surface area contributed by atoms with Crippen molar-refractivity contribution in [1.82, 2.24) is 0 Å². The SMILES string of the molecule is Cc1ccccc1N1CC(O)=C(C(=O)Nc2ccccc2C(C)C)C1=O. The van der Waals surface area contributed by atoms with Crippen LogP contribution in [0.3, 0.4) is 0 Å². The van der Waals surface area contributed by atoms with Gasteiger partial charge in [-0.1, -0.05) is 50.2 Å². The van der Waals surface area contributed by atoms with Gasteiger partial charge in [-0.05, 0) is 36.1 Å². The number of aliphatic hydroxyl groups excluding tert-OH is 1. The molecule has 0 aromatic heterocycles. The Bertz CT molecular complexity index is 900. The molecule has 2 aromatic rings. The quantitative estimate of drug-likeness (QED) is 0.821. The van der Waals surface area contributed by atoms with Crippen LogP contribution < -0.4 is 10.2 Å². The van der Waals surface area contributed by atoms with Crippen LogP contribution in [0.4, 0.5) is 11.4 Å². The van der Waals surface area contributed by atoms with Crippen LogP contribution >= 0.6 is 0 Å². The minimum Gasteiger partial charge on any atom is -0.509 e. The van der Waals surface area contributed by atoms with Crippen LogP contribution in [0.1, 0.15) is 30.9 Å². The summed E-state index contributed by atoms with van der Waals surface area (Å²) in [6.45, 7) is 5.94. The molecule has 5 nitrogen and oxygen atoms in total. The average molecular weight is 350 g/mol. The molecule has 2 amide bonds. The van der Waals surface area contributed by atoms with E-state index in [4.69, 9.17) is 0 Å². The number of anilines is 2. The normalized spacial score (nSPS) is 14.3. The second-order valence-corrected chi connectivity index (χ2v) is 6.70. The fourth-order valence-electron chi connectivity index (χ4n) is 3.15. The summed E-state index contributed by atoms with van der Waals surface area (Å²) >= 11 is 0. The predicted octanol–water partition coefficient (Wildman–Crippen LogP) is 3.92. The highest BCUT2D eigenvalue weighted by molar-refractivity contribution is 6.29. The molecule has 5 heteroatoms. The molecule has 0 bridgehead atoms. The van der Waals surface area contributed by atoms with Gasteiger partial charge < -0.3 is 15.3 Å². The van der Waals surface area contributed by atoms with Crippen LogP contribution in [-0.2, 0) is 9.59 Å². The maximum Gasteiger partial charge on any atom is 0.267 e. The maximum atomic E-state index is 12.8. The highest BCUT2D eigenvalue weighted by Crippen LogP contribution is 2.29. The van der Waals surface area contributed by atoms with Crippen molar-refractivity contribution in [2.24, 2.45) is 0 Å². The number of amides is 2. The third kappa shape index (κ3) is 3.20. The van der Waals surface area contributed by atoms with E-state index in [1.54, 1.807) is 12.1 Å². The fraction of sp³-hybridized carbons (Fsp3) is 0.238. The molecule has 1 aliphatic heterocycles. The standard InChI is InChI=1S/C21H22N2O3/c1-13(2)15-9-5-6-10-16(15)22-20(25)19-18(24)12-23(21(19)26)17-11-7-4-8-14(17)3/h4-11,13,24H,12H2,1-3H3,(H,22,25).